The molecule has 0 spiro atoms. The summed E-state index contributed by atoms with van der Waals surface area (Å²) >= 11 is 0. The minimum absolute atomic E-state index is 0.214. The number of carbonyl (C=O) groups excluding carboxylic acids is 1. The van der Waals surface area contributed by atoms with E-state index in [1.54, 1.807) is 0 Å². The molecule has 0 fully saturated rings. The van der Waals surface area contributed by atoms with Crippen LogP contribution in [0, 0.1) is 0 Å². The third-order valence-electron chi connectivity index (χ3n) is 3.34. The van der Waals surface area contributed by atoms with Crippen LogP contribution < -0.4 is 4.90 Å². The molecule has 3 heteroatoms. The summed E-state index contributed by atoms with van der Waals surface area (Å²) < 4.78 is 0. The molecule has 0 aliphatic rings. The minimum Gasteiger partial charge on any atom is -0.367 e. The van der Waals surface area contributed by atoms with Gasteiger partial charge in [-0.15, -0.1) is 0 Å². The van der Waals surface area contributed by atoms with Crippen molar-refractivity contribution < 1.29 is 4.79 Å². The molecule has 19 heavy (non-hydrogen) atoms. The molecule has 1 unspecified atom stereocenters. The van der Waals surface area contributed by atoms with Gasteiger partial charge in [-0.2, -0.15) is 0 Å². The molecule has 0 radical (unpaired) electrons. The second-order valence-electron chi connectivity index (χ2n) is 5.19. The Hall–Kier alpha value is -1.35. The first kappa shape index (κ1) is 15.7. The van der Waals surface area contributed by atoms with E-state index in [-0.39, 0.29) is 5.78 Å². The average molecular weight is 262 g/mol. The molecule has 1 aromatic rings. The Morgan fingerprint density at radius 2 is 1.84 bits per heavy atom. The van der Waals surface area contributed by atoms with Gasteiger partial charge in [0, 0.05) is 36.8 Å². The number of likely N-dealkylation sites (N-methyl/N-ethyl adjacent to an activating group) is 2. The number of anilines is 1. The number of nitrogens with zero attached hydrogens (tertiary/aromatic N) is 2. The third kappa shape index (κ3) is 4.06. The molecular formula is C16H26N2O. The predicted molar refractivity (Wildman–Crippen MR) is 82.1 cm³/mol. The predicted octanol–water partition coefficient (Wildman–Crippen LogP) is 3.06. The highest BCUT2D eigenvalue weighted by Gasteiger charge is 2.18. The van der Waals surface area contributed by atoms with Crippen molar-refractivity contribution in [1.82, 2.24) is 4.90 Å². The Kier molecular flexibility index (Phi) is 6.03. The Morgan fingerprint density at radius 3 is 2.37 bits per heavy atom. The molecule has 0 saturated carbocycles. The third-order valence-corrected chi connectivity index (χ3v) is 3.34. The standard InChI is InChI=1S/C16H26N2O/c1-6-16(19)14-10-8-9-11-15(14)18(7-2)13(3)12-17(4)5/h8-11,13H,6-7,12H2,1-5H3. The highest BCUT2D eigenvalue weighted by molar-refractivity contribution is 6.01. The lowest BCUT2D eigenvalue weighted by atomic mass is 10.0. The van der Waals surface area contributed by atoms with Gasteiger partial charge in [-0.05, 0) is 40.1 Å². The molecule has 0 bridgehead atoms. The first-order valence-electron chi connectivity index (χ1n) is 7.04. The molecule has 0 N–H and O–H groups in total. The van der Waals surface area contributed by atoms with E-state index in [2.05, 4.69) is 43.8 Å². The fraction of sp³-hybridized carbons (Fsp3) is 0.562. The maximum Gasteiger partial charge on any atom is 0.164 e. The summed E-state index contributed by atoms with van der Waals surface area (Å²) in [5.41, 5.74) is 1.91. The van der Waals surface area contributed by atoms with Gasteiger partial charge in [-0.25, -0.2) is 0 Å². The Bertz CT molecular complexity index is 415. The summed E-state index contributed by atoms with van der Waals surface area (Å²) in [6, 6.07) is 8.32. The van der Waals surface area contributed by atoms with Gasteiger partial charge in [0.1, 0.15) is 0 Å². The molecule has 0 aliphatic heterocycles. The number of hydrogen-bond acceptors (Lipinski definition) is 3. The van der Waals surface area contributed by atoms with Crippen molar-refractivity contribution in [3.63, 3.8) is 0 Å². The Labute approximate surface area is 117 Å². The molecule has 0 amide bonds. The van der Waals surface area contributed by atoms with Crippen LogP contribution in [0.1, 0.15) is 37.6 Å². The van der Waals surface area contributed by atoms with Crippen molar-refractivity contribution in [3.05, 3.63) is 29.8 Å². The monoisotopic (exact) mass is 262 g/mol. The quantitative estimate of drug-likeness (QED) is 0.706. The molecule has 0 aromatic heterocycles. The van der Waals surface area contributed by atoms with Gasteiger partial charge < -0.3 is 9.80 Å². The molecule has 106 valence electrons. The number of ketones is 1. The number of benzene rings is 1. The van der Waals surface area contributed by atoms with Crippen molar-refractivity contribution in [2.45, 2.75) is 33.2 Å². The Balaban J connectivity index is 3.07. The summed E-state index contributed by atoms with van der Waals surface area (Å²) in [5, 5.41) is 0. The molecule has 1 atom stereocenters. The van der Waals surface area contributed by atoms with Crippen LogP contribution in [0.5, 0.6) is 0 Å². The van der Waals surface area contributed by atoms with Crippen molar-refractivity contribution in [1.29, 1.82) is 0 Å². The van der Waals surface area contributed by atoms with E-state index in [1.807, 2.05) is 25.1 Å². The lowest BCUT2D eigenvalue weighted by Gasteiger charge is -2.33. The van der Waals surface area contributed by atoms with Crippen molar-refractivity contribution >= 4 is 11.5 Å². The van der Waals surface area contributed by atoms with E-state index in [4.69, 9.17) is 0 Å². The topological polar surface area (TPSA) is 23.6 Å². The van der Waals surface area contributed by atoms with E-state index in [0.717, 1.165) is 24.3 Å². The summed E-state index contributed by atoms with van der Waals surface area (Å²) in [6.07, 6.45) is 0.552. The van der Waals surface area contributed by atoms with Crippen molar-refractivity contribution in [2.24, 2.45) is 0 Å². The van der Waals surface area contributed by atoms with Crippen LogP contribution in [-0.2, 0) is 0 Å². The van der Waals surface area contributed by atoms with Gasteiger partial charge in [0.05, 0.1) is 0 Å². The van der Waals surface area contributed by atoms with Crippen LogP contribution in [0.15, 0.2) is 24.3 Å². The normalized spacial score (nSPS) is 12.5. The van der Waals surface area contributed by atoms with Crippen LogP contribution >= 0.6 is 0 Å². The minimum atomic E-state index is 0.214. The maximum absolute atomic E-state index is 12.1. The average Bonchev–Trinajstić information content (AvgIpc) is 2.38. The Morgan fingerprint density at radius 1 is 1.21 bits per heavy atom. The van der Waals surface area contributed by atoms with Crippen molar-refractivity contribution in [2.75, 3.05) is 32.1 Å². The number of para-hydroxylation sites is 1. The molecule has 1 aromatic carbocycles. The van der Waals surface area contributed by atoms with Crippen LogP contribution in [-0.4, -0.2) is 43.9 Å². The van der Waals surface area contributed by atoms with E-state index >= 15 is 0 Å². The van der Waals surface area contributed by atoms with Gasteiger partial charge in [0.15, 0.2) is 5.78 Å². The summed E-state index contributed by atoms with van der Waals surface area (Å²) in [7, 11) is 4.15. The van der Waals surface area contributed by atoms with Crippen LogP contribution in [0.25, 0.3) is 0 Å². The van der Waals surface area contributed by atoms with Crippen molar-refractivity contribution in [3.8, 4) is 0 Å². The van der Waals surface area contributed by atoms with Crippen LogP contribution in [0.2, 0.25) is 0 Å². The molecule has 1 rings (SSSR count). The SMILES string of the molecule is CCC(=O)c1ccccc1N(CC)C(C)CN(C)C. The van der Waals surface area contributed by atoms with Gasteiger partial charge in [0.2, 0.25) is 0 Å². The van der Waals surface area contributed by atoms with Gasteiger partial charge in [-0.1, -0.05) is 19.1 Å². The molecule has 3 nitrogen and oxygen atoms in total. The first-order valence-corrected chi connectivity index (χ1v) is 7.04. The zero-order valence-electron chi connectivity index (χ0n) is 12.8. The molecule has 0 aliphatic carbocycles. The van der Waals surface area contributed by atoms with Crippen LogP contribution in [0.3, 0.4) is 0 Å². The van der Waals surface area contributed by atoms with Gasteiger partial charge in [-0.3, -0.25) is 4.79 Å². The van der Waals surface area contributed by atoms with E-state index in [1.165, 1.54) is 0 Å². The number of hydrogen-bond donors (Lipinski definition) is 0. The maximum atomic E-state index is 12.1. The summed E-state index contributed by atoms with van der Waals surface area (Å²) in [5.74, 6) is 0.214. The lowest BCUT2D eigenvalue weighted by Crippen LogP contribution is -2.40. The fourth-order valence-corrected chi connectivity index (χ4v) is 2.50. The number of Topliss-reactive ketones (excluding diaryl/α,β-unsaturated/α-hetero) is 1. The number of rotatable bonds is 7. The second-order valence-corrected chi connectivity index (χ2v) is 5.19. The van der Waals surface area contributed by atoms with Gasteiger partial charge in [0.25, 0.3) is 0 Å². The highest BCUT2D eigenvalue weighted by Crippen LogP contribution is 2.23. The zero-order chi connectivity index (χ0) is 14.4. The molecule has 0 heterocycles. The summed E-state index contributed by atoms with van der Waals surface area (Å²) in [6.45, 7) is 8.14. The first-order chi connectivity index (χ1) is 9.01. The smallest absolute Gasteiger partial charge is 0.164 e. The van der Waals surface area contributed by atoms with Crippen LogP contribution in [0.4, 0.5) is 5.69 Å². The molecular weight excluding hydrogens is 236 g/mol. The fourth-order valence-electron chi connectivity index (χ4n) is 2.50. The largest absolute Gasteiger partial charge is 0.367 e. The highest BCUT2D eigenvalue weighted by atomic mass is 16.1. The summed E-state index contributed by atoms with van der Waals surface area (Å²) in [4.78, 5) is 16.5. The van der Waals surface area contributed by atoms with E-state index in [9.17, 15) is 4.79 Å². The van der Waals surface area contributed by atoms with E-state index in [0.29, 0.717) is 12.5 Å². The van der Waals surface area contributed by atoms with E-state index < -0.39 is 0 Å². The number of carbonyl (C=O) groups is 1. The molecule has 0 saturated heterocycles. The van der Waals surface area contributed by atoms with Gasteiger partial charge >= 0.3 is 0 Å². The zero-order valence-corrected chi connectivity index (χ0v) is 12.8. The lowest BCUT2D eigenvalue weighted by molar-refractivity contribution is 0.0988. The second kappa shape index (κ2) is 7.29.